The maximum atomic E-state index is 13.7. The molecular formula is C29H33ClN2O11. The van der Waals surface area contributed by atoms with Crippen LogP contribution >= 0.6 is 12.4 Å². The van der Waals surface area contributed by atoms with Gasteiger partial charge in [0.25, 0.3) is 0 Å². The Morgan fingerprint density at radius 1 is 1.14 bits per heavy atom. The summed E-state index contributed by atoms with van der Waals surface area (Å²) in [4.78, 5) is 51.8. The molecule has 3 aliphatic rings. The number of nitrogens with one attached hydrogen (secondary N) is 1. The van der Waals surface area contributed by atoms with E-state index in [2.05, 4.69) is 5.32 Å². The topological polar surface area (TPSA) is 215 Å². The maximum Gasteiger partial charge on any atom is 0.234 e. The zero-order valence-electron chi connectivity index (χ0n) is 23.6. The normalized spacial score (nSPS) is 27.7. The fraction of sp³-hybridized carbons (Fsp3) is 0.448. The van der Waals surface area contributed by atoms with Crippen LogP contribution in [0.15, 0.2) is 18.2 Å². The summed E-state index contributed by atoms with van der Waals surface area (Å²) >= 11 is 0. The van der Waals surface area contributed by atoms with Crippen LogP contribution in [0.5, 0.6) is 17.2 Å². The minimum Gasteiger partial charge on any atom is -0.507 e. The number of hydrogen-bond acceptors (Lipinski definition) is 12. The summed E-state index contributed by atoms with van der Waals surface area (Å²) in [6.45, 7) is 2.39. The second-order valence-electron chi connectivity index (χ2n) is 10.8. The first-order valence-electron chi connectivity index (χ1n) is 13.4. The minimum absolute atomic E-state index is 0. The zero-order chi connectivity index (χ0) is 30.7. The number of ketones is 3. The van der Waals surface area contributed by atoms with E-state index in [4.69, 9.17) is 19.9 Å². The van der Waals surface area contributed by atoms with Crippen LogP contribution < -0.4 is 15.8 Å². The molecule has 6 unspecified atom stereocenters. The number of rotatable bonds is 6. The second-order valence-corrected chi connectivity index (χ2v) is 10.8. The molecule has 0 saturated carbocycles. The standard InChI is InChI=1S/C29H32N2O11.ClH/c1-11-24(34)15(31-18(33)10-30)7-19(41-11)42-17-9-29(39,12(2)32)8-14-21(17)28(38)23-22(26(14)36)25(35)13-5-4-6-16(40-3)20(13)27(23)37;/h4-6,11,15,17,19,24,34,36,38-39H,7-10,30H2,1-3H3,(H,31,33);1H. The minimum atomic E-state index is -2.06. The van der Waals surface area contributed by atoms with Crippen molar-refractivity contribution < 1.29 is 53.8 Å². The lowest BCUT2D eigenvalue weighted by Gasteiger charge is -2.42. The van der Waals surface area contributed by atoms with Crippen LogP contribution in [-0.2, 0) is 25.5 Å². The van der Waals surface area contributed by atoms with Crippen molar-refractivity contribution in [1.82, 2.24) is 5.32 Å². The molecule has 1 amide bonds. The number of phenols is 2. The quantitative estimate of drug-likeness (QED) is 0.209. The monoisotopic (exact) mass is 620 g/mol. The first-order valence-corrected chi connectivity index (χ1v) is 13.4. The Kier molecular flexibility index (Phi) is 8.89. The molecule has 0 aromatic heterocycles. The van der Waals surface area contributed by atoms with Gasteiger partial charge in [-0.15, -0.1) is 12.4 Å². The molecule has 13 nitrogen and oxygen atoms in total. The van der Waals surface area contributed by atoms with Gasteiger partial charge in [-0.3, -0.25) is 19.2 Å². The molecule has 14 heteroatoms. The number of methoxy groups -OCH3 is 1. The third-order valence-corrected chi connectivity index (χ3v) is 8.29. The number of ether oxygens (including phenoxy) is 3. The number of aliphatic hydroxyl groups excluding tert-OH is 1. The number of Topliss-reactive ketones (excluding diaryl/α,β-unsaturated/α-hetero) is 1. The summed E-state index contributed by atoms with van der Waals surface area (Å²) in [6.07, 6.45) is -5.30. The molecule has 1 aliphatic heterocycles. The lowest BCUT2D eigenvalue weighted by molar-refractivity contribution is -0.249. The van der Waals surface area contributed by atoms with Crippen molar-refractivity contribution in [1.29, 1.82) is 0 Å². The van der Waals surface area contributed by atoms with E-state index in [1.165, 1.54) is 25.3 Å². The largest absolute Gasteiger partial charge is 0.507 e. The predicted octanol–water partition coefficient (Wildman–Crippen LogP) is 0.567. The van der Waals surface area contributed by atoms with Gasteiger partial charge in [0.15, 0.2) is 17.9 Å². The molecule has 1 saturated heterocycles. The number of hydrogen-bond donors (Lipinski definition) is 6. The lowest BCUT2D eigenvalue weighted by Crippen LogP contribution is -2.56. The molecule has 0 spiro atoms. The van der Waals surface area contributed by atoms with Crippen LogP contribution in [0.3, 0.4) is 0 Å². The van der Waals surface area contributed by atoms with Gasteiger partial charge in [0, 0.05) is 36.0 Å². The van der Waals surface area contributed by atoms with Crippen molar-refractivity contribution in [3.8, 4) is 17.2 Å². The summed E-state index contributed by atoms with van der Waals surface area (Å²) in [5.41, 5.74) is 2.05. The van der Waals surface area contributed by atoms with Crippen LogP contribution in [0.25, 0.3) is 0 Å². The highest BCUT2D eigenvalue weighted by Crippen LogP contribution is 2.52. The van der Waals surface area contributed by atoms with Crippen LogP contribution in [0.2, 0.25) is 0 Å². The van der Waals surface area contributed by atoms with Gasteiger partial charge < -0.3 is 45.7 Å². The van der Waals surface area contributed by atoms with Crippen molar-refractivity contribution in [2.75, 3.05) is 13.7 Å². The highest BCUT2D eigenvalue weighted by Gasteiger charge is 2.49. The summed E-state index contributed by atoms with van der Waals surface area (Å²) in [5.74, 6) is -3.92. The SMILES string of the molecule is COc1cccc2c1C(=O)c1c(O)c3c(c(O)c1C2=O)CC(O)(C(C)=O)CC3OC1CC(NC(=O)CN)C(O)C(C)O1.Cl. The molecule has 232 valence electrons. The fourth-order valence-electron chi connectivity index (χ4n) is 6.03. The zero-order valence-corrected chi connectivity index (χ0v) is 24.4. The van der Waals surface area contributed by atoms with Gasteiger partial charge in [0.1, 0.15) is 29.0 Å². The summed E-state index contributed by atoms with van der Waals surface area (Å²) in [6, 6.07) is 3.56. The third kappa shape index (κ3) is 5.26. The van der Waals surface area contributed by atoms with E-state index in [-0.39, 0.29) is 59.8 Å². The fourth-order valence-corrected chi connectivity index (χ4v) is 6.03. The Morgan fingerprint density at radius 3 is 2.44 bits per heavy atom. The average Bonchev–Trinajstić information content (AvgIpc) is 2.95. The average molecular weight is 621 g/mol. The molecule has 5 rings (SSSR count). The van der Waals surface area contributed by atoms with E-state index in [1.807, 2.05) is 0 Å². The molecule has 1 fully saturated rings. The number of carbonyl (C=O) groups excluding carboxylic acids is 4. The first kappa shape index (κ1) is 32.3. The molecule has 0 bridgehead atoms. The number of nitrogens with two attached hydrogens (primary N) is 1. The van der Waals surface area contributed by atoms with E-state index >= 15 is 0 Å². The van der Waals surface area contributed by atoms with E-state index in [9.17, 15) is 39.6 Å². The molecule has 7 N–H and O–H groups in total. The number of aromatic hydroxyl groups is 2. The number of carbonyl (C=O) groups is 4. The molecule has 1 heterocycles. The molecule has 2 aromatic carbocycles. The maximum absolute atomic E-state index is 13.7. The summed E-state index contributed by atoms with van der Waals surface area (Å²) in [5, 5.41) is 47.4. The first-order chi connectivity index (χ1) is 19.8. The van der Waals surface area contributed by atoms with Gasteiger partial charge in [-0.2, -0.15) is 0 Å². The summed E-state index contributed by atoms with van der Waals surface area (Å²) < 4.78 is 17.2. The number of fused-ring (bicyclic) bond motifs is 3. The second kappa shape index (κ2) is 11.8. The van der Waals surface area contributed by atoms with Gasteiger partial charge in [-0.05, 0) is 19.9 Å². The number of aliphatic hydroxyl groups is 2. The number of phenolic OH excluding ortho intramolecular Hbond substituents is 2. The highest BCUT2D eigenvalue weighted by atomic mass is 35.5. The van der Waals surface area contributed by atoms with Crippen molar-refractivity contribution in [2.24, 2.45) is 5.73 Å². The molecule has 0 radical (unpaired) electrons. The molecule has 2 aliphatic carbocycles. The summed E-state index contributed by atoms with van der Waals surface area (Å²) in [7, 11) is 1.32. The van der Waals surface area contributed by atoms with E-state index in [0.29, 0.717) is 0 Å². The van der Waals surface area contributed by atoms with Crippen LogP contribution in [0.4, 0.5) is 0 Å². The van der Waals surface area contributed by atoms with Crippen LogP contribution in [0, 0.1) is 0 Å². The van der Waals surface area contributed by atoms with Crippen molar-refractivity contribution in [2.45, 2.75) is 69.4 Å². The number of benzene rings is 2. The Hall–Kier alpha value is -3.59. The smallest absolute Gasteiger partial charge is 0.234 e. The number of halogens is 1. The predicted molar refractivity (Wildman–Crippen MR) is 151 cm³/mol. The van der Waals surface area contributed by atoms with Crippen LogP contribution in [0.1, 0.15) is 75.8 Å². The van der Waals surface area contributed by atoms with Crippen molar-refractivity contribution in [3.63, 3.8) is 0 Å². The van der Waals surface area contributed by atoms with E-state index in [0.717, 1.165) is 6.92 Å². The highest BCUT2D eigenvalue weighted by molar-refractivity contribution is 6.31. The Morgan fingerprint density at radius 2 is 1.81 bits per heavy atom. The molecule has 6 atom stereocenters. The van der Waals surface area contributed by atoms with E-state index < -0.39 is 88.5 Å². The molecule has 43 heavy (non-hydrogen) atoms. The van der Waals surface area contributed by atoms with Gasteiger partial charge in [0.05, 0.1) is 48.6 Å². The van der Waals surface area contributed by atoms with Gasteiger partial charge in [-0.25, -0.2) is 0 Å². The van der Waals surface area contributed by atoms with E-state index in [1.54, 1.807) is 6.92 Å². The Labute approximate surface area is 252 Å². The third-order valence-electron chi connectivity index (χ3n) is 8.29. The van der Waals surface area contributed by atoms with Gasteiger partial charge in [-0.1, -0.05) is 12.1 Å². The van der Waals surface area contributed by atoms with Crippen molar-refractivity contribution >= 4 is 35.7 Å². The van der Waals surface area contributed by atoms with Crippen LogP contribution in [-0.4, -0.2) is 87.5 Å². The molecular weight excluding hydrogens is 588 g/mol. The molecule has 2 aromatic rings. The Balaban J connectivity index is 0.00000423. The Bertz CT molecular complexity index is 1510. The van der Waals surface area contributed by atoms with Gasteiger partial charge in [0.2, 0.25) is 11.7 Å². The number of amides is 1. The van der Waals surface area contributed by atoms with Crippen molar-refractivity contribution in [3.05, 3.63) is 51.6 Å². The lowest BCUT2D eigenvalue weighted by atomic mass is 9.72. The van der Waals surface area contributed by atoms with Gasteiger partial charge >= 0.3 is 0 Å².